The Morgan fingerprint density at radius 1 is 0.360 bits per heavy atom. The summed E-state index contributed by atoms with van der Waals surface area (Å²) in [4.78, 5) is 2.32. The van der Waals surface area contributed by atoms with Gasteiger partial charge in [-0.25, -0.2) is 0 Å². The Labute approximate surface area is 294 Å². The summed E-state index contributed by atoms with van der Waals surface area (Å²) in [6, 6.07) is 68.5. The number of hydrogen-bond acceptors (Lipinski definition) is 1. The van der Waals surface area contributed by atoms with Gasteiger partial charge in [0.1, 0.15) is 0 Å². The molecule has 8 aromatic carbocycles. The fourth-order valence-electron chi connectivity index (χ4n) is 7.92. The van der Waals surface area contributed by atoms with Gasteiger partial charge >= 0.3 is 0 Å². The zero-order valence-corrected chi connectivity index (χ0v) is 28.3. The van der Waals surface area contributed by atoms with E-state index in [-0.39, 0.29) is 5.41 Å². The van der Waals surface area contributed by atoms with Crippen molar-refractivity contribution in [1.29, 1.82) is 0 Å². The van der Waals surface area contributed by atoms with Crippen LogP contribution in [0.3, 0.4) is 0 Å². The van der Waals surface area contributed by atoms with E-state index in [0.717, 1.165) is 17.1 Å². The Morgan fingerprint density at radius 2 is 0.880 bits per heavy atom. The van der Waals surface area contributed by atoms with Crippen molar-refractivity contribution >= 4 is 27.8 Å². The number of para-hydroxylation sites is 2. The molecule has 0 amide bonds. The van der Waals surface area contributed by atoms with Crippen LogP contribution in [0.25, 0.3) is 55.3 Å². The van der Waals surface area contributed by atoms with E-state index < -0.39 is 0 Å². The maximum atomic E-state index is 2.43. The number of nitrogens with zero attached hydrogens (tertiary/aromatic N) is 1. The van der Waals surface area contributed by atoms with Gasteiger partial charge in [-0.2, -0.15) is 0 Å². The predicted molar refractivity (Wildman–Crippen MR) is 213 cm³/mol. The van der Waals surface area contributed by atoms with E-state index in [9.17, 15) is 0 Å². The lowest BCUT2D eigenvalue weighted by Gasteiger charge is -2.36. The molecule has 0 N–H and O–H groups in total. The minimum atomic E-state index is -0.133. The molecule has 8 aromatic rings. The lowest BCUT2D eigenvalue weighted by Crippen LogP contribution is -2.24. The van der Waals surface area contributed by atoms with Gasteiger partial charge in [0.15, 0.2) is 0 Å². The second kappa shape index (κ2) is 12.1. The average Bonchev–Trinajstić information content (AvgIpc) is 3.18. The molecule has 0 aromatic heterocycles. The summed E-state index contributed by atoms with van der Waals surface area (Å²) in [5.74, 6) is 0. The number of fused-ring (bicyclic) bond motifs is 2. The molecule has 0 aliphatic heterocycles. The van der Waals surface area contributed by atoms with Crippen LogP contribution < -0.4 is 4.90 Å². The van der Waals surface area contributed by atoms with E-state index in [1.54, 1.807) is 0 Å². The van der Waals surface area contributed by atoms with Crippen molar-refractivity contribution in [2.45, 2.75) is 19.3 Å². The molecule has 0 spiro atoms. The molecule has 0 unspecified atom stereocenters. The highest BCUT2D eigenvalue weighted by Crippen LogP contribution is 2.52. The van der Waals surface area contributed by atoms with Crippen LogP contribution in [-0.2, 0) is 5.41 Å². The maximum Gasteiger partial charge on any atom is 0.0462 e. The number of anilines is 3. The van der Waals surface area contributed by atoms with Crippen LogP contribution in [0, 0.1) is 0 Å². The van der Waals surface area contributed by atoms with Gasteiger partial charge in [-0.05, 0) is 109 Å². The van der Waals surface area contributed by atoms with Gasteiger partial charge in [0, 0.05) is 22.5 Å². The first-order valence-corrected chi connectivity index (χ1v) is 17.4. The summed E-state index contributed by atoms with van der Waals surface area (Å²) >= 11 is 0. The second-order valence-corrected chi connectivity index (χ2v) is 13.8. The van der Waals surface area contributed by atoms with Gasteiger partial charge in [0.05, 0.1) is 0 Å². The summed E-state index contributed by atoms with van der Waals surface area (Å²) in [7, 11) is 0. The van der Waals surface area contributed by atoms with Crippen LogP contribution in [0.2, 0.25) is 0 Å². The van der Waals surface area contributed by atoms with E-state index in [1.807, 2.05) is 0 Å². The van der Waals surface area contributed by atoms with Crippen molar-refractivity contribution in [3.63, 3.8) is 0 Å². The van der Waals surface area contributed by atoms with Crippen molar-refractivity contribution < 1.29 is 0 Å². The molecule has 0 atom stereocenters. The normalized spacial score (nSPS) is 12.8. The third-order valence-corrected chi connectivity index (χ3v) is 10.5. The topological polar surface area (TPSA) is 3.24 Å². The third-order valence-electron chi connectivity index (χ3n) is 10.5. The van der Waals surface area contributed by atoms with Crippen molar-refractivity contribution in [2.24, 2.45) is 0 Å². The molecule has 238 valence electrons. The van der Waals surface area contributed by atoms with Crippen LogP contribution in [-0.4, -0.2) is 0 Å². The summed E-state index contributed by atoms with van der Waals surface area (Å²) in [6.07, 6.45) is 0. The largest absolute Gasteiger partial charge is 0.311 e. The van der Waals surface area contributed by atoms with Gasteiger partial charge in [0.25, 0.3) is 0 Å². The van der Waals surface area contributed by atoms with E-state index in [2.05, 4.69) is 207 Å². The van der Waals surface area contributed by atoms with Crippen molar-refractivity contribution in [3.8, 4) is 44.5 Å². The number of rotatable bonds is 6. The summed E-state index contributed by atoms with van der Waals surface area (Å²) in [5, 5.41) is 2.65. The smallest absolute Gasteiger partial charge is 0.0462 e. The predicted octanol–water partition coefficient (Wildman–Crippen LogP) is 13.6. The highest BCUT2D eigenvalue weighted by atomic mass is 15.1. The lowest BCUT2D eigenvalue weighted by molar-refractivity contribution is 0.645. The van der Waals surface area contributed by atoms with E-state index in [0.29, 0.717) is 0 Å². The number of benzene rings is 8. The zero-order valence-electron chi connectivity index (χ0n) is 28.3. The summed E-state index contributed by atoms with van der Waals surface area (Å²) in [5.41, 5.74) is 16.1. The summed E-state index contributed by atoms with van der Waals surface area (Å²) < 4.78 is 0. The first kappa shape index (κ1) is 29.9. The van der Waals surface area contributed by atoms with Crippen LogP contribution in [0.4, 0.5) is 17.1 Å². The van der Waals surface area contributed by atoms with Gasteiger partial charge in [-0.3, -0.25) is 0 Å². The Balaban J connectivity index is 1.19. The minimum absolute atomic E-state index is 0.133. The molecule has 1 aliphatic rings. The molecule has 1 heteroatoms. The molecule has 9 rings (SSSR count). The van der Waals surface area contributed by atoms with Crippen LogP contribution in [0.5, 0.6) is 0 Å². The molecule has 1 aliphatic carbocycles. The molecule has 0 radical (unpaired) electrons. The molecular formula is C49H37N. The molecule has 0 saturated heterocycles. The molecule has 0 heterocycles. The average molecular weight is 640 g/mol. The monoisotopic (exact) mass is 639 g/mol. The Bertz CT molecular complexity index is 2420. The quantitative estimate of drug-likeness (QED) is 0.175. The molecule has 50 heavy (non-hydrogen) atoms. The fraction of sp³-hybridized carbons (Fsp3) is 0.0612. The van der Waals surface area contributed by atoms with Gasteiger partial charge in [-0.1, -0.05) is 159 Å². The van der Waals surface area contributed by atoms with Crippen LogP contribution in [0.1, 0.15) is 25.0 Å². The van der Waals surface area contributed by atoms with Crippen molar-refractivity contribution in [3.05, 3.63) is 199 Å². The maximum absolute atomic E-state index is 2.43. The first-order chi connectivity index (χ1) is 24.6. The van der Waals surface area contributed by atoms with E-state index >= 15 is 0 Å². The van der Waals surface area contributed by atoms with Crippen LogP contribution in [0.15, 0.2) is 188 Å². The van der Waals surface area contributed by atoms with Crippen LogP contribution >= 0.6 is 0 Å². The first-order valence-electron chi connectivity index (χ1n) is 17.4. The third kappa shape index (κ3) is 5.02. The minimum Gasteiger partial charge on any atom is -0.311 e. The standard InChI is InChI=1S/C49H37N/c1-49(2)45-32-28-39(36-23-21-35(22-24-36)34-13-6-3-7-14-34)33-44(45)48-43(31-27-38-15-12-20-46(49)47(38)48)37-25-29-42(30-26-37)50(40-16-8-4-9-17-40)41-18-10-5-11-19-41/h3-33H,1-2H3. The highest BCUT2D eigenvalue weighted by molar-refractivity contribution is 6.09. The zero-order chi connectivity index (χ0) is 33.7. The van der Waals surface area contributed by atoms with Crippen molar-refractivity contribution in [1.82, 2.24) is 0 Å². The van der Waals surface area contributed by atoms with Gasteiger partial charge in [-0.15, -0.1) is 0 Å². The second-order valence-electron chi connectivity index (χ2n) is 13.8. The summed E-state index contributed by atoms with van der Waals surface area (Å²) in [6.45, 7) is 4.75. The van der Waals surface area contributed by atoms with Gasteiger partial charge in [0.2, 0.25) is 0 Å². The number of hydrogen-bond donors (Lipinski definition) is 0. The van der Waals surface area contributed by atoms with E-state index in [1.165, 1.54) is 66.4 Å². The lowest BCUT2D eigenvalue weighted by atomic mass is 9.67. The molecule has 0 bridgehead atoms. The molecule has 0 fully saturated rings. The van der Waals surface area contributed by atoms with E-state index in [4.69, 9.17) is 0 Å². The van der Waals surface area contributed by atoms with Gasteiger partial charge < -0.3 is 4.90 Å². The Kier molecular flexibility index (Phi) is 7.21. The Morgan fingerprint density at radius 3 is 1.52 bits per heavy atom. The van der Waals surface area contributed by atoms with Crippen molar-refractivity contribution in [2.75, 3.05) is 4.90 Å². The fourth-order valence-corrected chi connectivity index (χ4v) is 7.92. The SMILES string of the molecule is CC1(C)c2ccc(-c3ccc(-c4ccccc4)cc3)cc2-c2c(-c3ccc(N(c4ccccc4)c4ccccc4)cc3)ccc3cccc1c23. The Hall–Kier alpha value is -6.18. The molecule has 1 nitrogen and oxygen atoms in total. The molecule has 0 saturated carbocycles. The highest BCUT2D eigenvalue weighted by Gasteiger charge is 2.34. The molecular weight excluding hydrogens is 603 g/mol.